The smallest absolute Gasteiger partial charge is 0.333 e. The van der Waals surface area contributed by atoms with Gasteiger partial charge in [0.1, 0.15) is 11.6 Å². The van der Waals surface area contributed by atoms with E-state index in [1.165, 1.54) is 75.4 Å². The Morgan fingerprint density at radius 1 is 0.593 bits per heavy atom. The SMILES string of the molecule is CC[C@@H]1C=C(C(=O)O)[C@H](c2ccc(F)cc2)N1S(=O)(=O)c1ccc(C)cc1.Cc1ccc(S(=O)(=O)N2C(c3ccc(F)cc3)CC=C(C(=O)O)[C@@H]2c2ccccc2)cc1. The third kappa shape index (κ3) is 8.96. The van der Waals surface area contributed by atoms with Crippen LogP contribution in [0.3, 0.4) is 0 Å². The van der Waals surface area contributed by atoms with Crippen LogP contribution < -0.4 is 0 Å². The Bertz CT molecular complexity index is 2600. The van der Waals surface area contributed by atoms with Crippen molar-refractivity contribution in [2.45, 2.75) is 67.6 Å². The summed E-state index contributed by atoms with van der Waals surface area (Å²) >= 11 is 0. The quantitative estimate of drug-likeness (QED) is 0.142. The Morgan fingerprint density at radius 3 is 1.47 bits per heavy atom. The molecular weight excluding hydrogens is 799 g/mol. The number of aryl methyl sites for hydroxylation is 2. The van der Waals surface area contributed by atoms with Gasteiger partial charge in [0.05, 0.1) is 39.1 Å². The molecule has 0 fully saturated rings. The standard InChI is InChI=1S/C25H22FNO4S.C20H20FNO4S/c1-17-7-13-21(14-8-17)32(30,31)27-23(18-9-11-20(26)12-10-18)16-15-22(25(28)29)24(27)19-5-3-2-4-6-19;1-3-16-12-18(20(23)24)19(14-6-8-15(21)9-7-14)22(16)27(25,26)17-10-4-13(2)5-11-17/h2-15,23-24H,16H2,1H3,(H,28,29);4-12,16,19H,3H2,1-2H3,(H,23,24)/t23?,24-;16-,19+/m01/s1. The summed E-state index contributed by atoms with van der Waals surface area (Å²) in [7, 11) is -8.08. The van der Waals surface area contributed by atoms with Gasteiger partial charge in [-0.15, -0.1) is 0 Å². The van der Waals surface area contributed by atoms with Crippen LogP contribution in [-0.4, -0.2) is 53.6 Å². The number of nitrogens with zero attached hydrogens (tertiary/aromatic N) is 2. The van der Waals surface area contributed by atoms with Gasteiger partial charge in [-0.3, -0.25) is 0 Å². The normalized spacial score (nSPS) is 19.9. The number of rotatable bonds is 10. The number of hydrogen-bond donors (Lipinski definition) is 2. The second-order valence-corrected chi connectivity index (χ2v) is 17.9. The highest BCUT2D eigenvalue weighted by atomic mass is 32.2. The lowest BCUT2D eigenvalue weighted by Crippen LogP contribution is -2.42. The summed E-state index contributed by atoms with van der Waals surface area (Å²) in [4.78, 5) is 24.1. The number of carbonyl (C=O) groups is 2. The fourth-order valence-corrected chi connectivity index (χ4v) is 10.9. The van der Waals surface area contributed by atoms with Crippen LogP contribution in [0.2, 0.25) is 0 Å². The minimum atomic E-state index is -4.11. The third-order valence-corrected chi connectivity index (χ3v) is 14.1. The van der Waals surface area contributed by atoms with Gasteiger partial charge >= 0.3 is 11.9 Å². The lowest BCUT2D eigenvalue weighted by Gasteiger charge is -2.40. The molecule has 10 nitrogen and oxygen atoms in total. The molecule has 1 unspecified atom stereocenters. The maximum Gasteiger partial charge on any atom is 0.333 e. The predicted molar refractivity (Wildman–Crippen MR) is 218 cm³/mol. The van der Waals surface area contributed by atoms with Crippen LogP contribution in [0.5, 0.6) is 0 Å². The minimum Gasteiger partial charge on any atom is -0.478 e. The molecule has 0 bridgehead atoms. The summed E-state index contributed by atoms with van der Waals surface area (Å²) < 4.78 is 84.0. The van der Waals surface area contributed by atoms with Crippen LogP contribution >= 0.6 is 0 Å². The van der Waals surface area contributed by atoms with Crippen LogP contribution in [-0.2, 0) is 29.6 Å². The summed E-state index contributed by atoms with van der Waals surface area (Å²) in [5.74, 6) is -3.28. The molecule has 0 spiro atoms. The fourth-order valence-electron chi connectivity index (χ4n) is 7.35. The number of carboxylic acid groups (broad SMARTS) is 2. The average molecular weight is 841 g/mol. The van der Waals surface area contributed by atoms with Crippen molar-refractivity contribution in [2.75, 3.05) is 0 Å². The van der Waals surface area contributed by atoms with Crippen LogP contribution in [0.1, 0.15) is 65.7 Å². The van der Waals surface area contributed by atoms with E-state index in [4.69, 9.17) is 0 Å². The highest BCUT2D eigenvalue weighted by Crippen LogP contribution is 2.46. The number of carboxylic acids is 2. The molecule has 0 saturated carbocycles. The Morgan fingerprint density at radius 2 is 1.02 bits per heavy atom. The largest absolute Gasteiger partial charge is 0.478 e. The first-order valence-corrected chi connectivity index (χ1v) is 21.6. The van der Waals surface area contributed by atoms with Crippen molar-refractivity contribution >= 4 is 32.0 Å². The van der Waals surface area contributed by atoms with Crippen LogP contribution in [0, 0.1) is 25.5 Å². The number of benzene rings is 5. The minimum absolute atomic E-state index is 0.00903. The summed E-state index contributed by atoms with van der Waals surface area (Å²) in [6.45, 7) is 5.51. The topological polar surface area (TPSA) is 149 Å². The van der Waals surface area contributed by atoms with E-state index in [1.54, 1.807) is 79.7 Å². The average Bonchev–Trinajstić information content (AvgIpc) is 3.63. The molecule has 2 heterocycles. The van der Waals surface area contributed by atoms with Crippen LogP contribution in [0.4, 0.5) is 8.78 Å². The predicted octanol–water partition coefficient (Wildman–Crippen LogP) is 8.69. The highest BCUT2D eigenvalue weighted by Gasteiger charge is 2.46. The molecule has 0 aromatic heterocycles. The number of aliphatic carboxylic acids is 2. The van der Waals surface area contributed by atoms with Gasteiger partial charge < -0.3 is 10.2 Å². The van der Waals surface area contributed by atoms with E-state index in [9.17, 15) is 45.4 Å². The summed E-state index contributed by atoms with van der Waals surface area (Å²) in [6.07, 6.45) is 3.61. The summed E-state index contributed by atoms with van der Waals surface area (Å²) in [6, 6.07) is 29.1. The van der Waals surface area contributed by atoms with Crippen molar-refractivity contribution in [1.29, 1.82) is 0 Å². The van der Waals surface area contributed by atoms with E-state index in [0.717, 1.165) is 11.1 Å². The Labute approximate surface area is 342 Å². The van der Waals surface area contributed by atoms with Gasteiger partial charge in [0, 0.05) is 6.04 Å². The van der Waals surface area contributed by atoms with E-state index in [-0.39, 0.29) is 27.4 Å². The third-order valence-electron chi connectivity index (χ3n) is 10.3. The molecule has 0 radical (unpaired) electrons. The first-order valence-electron chi connectivity index (χ1n) is 18.7. The van der Waals surface area contributed by atoms with Gasteiger partial charge in [-0.05, 0) is 91.9 Å². The van der Waals surface area contributed by atoms with Gasteiger partial charge in [-0.1, -0.05) is 109 Å². The van der Waals surface area contributed by atoms with Gasteiger partial charge in [-0.2, -0.15) is 8.61 Å². The molecule has 5 aromatic rings. The molecule has 4 atom stereocenters. The van der Waals surface area contributed by atoms with E-state index in [0.29, 0.717) is 23.1 Å². The van der Waals surface area contributed by atoms with E-state index < -0.39 is 67.8 Å². The van der Waals surface area contributed by atoms with Gasteiger partial charge in [-0.25, -0.2) is 35.2 Å². The number of sulfonamides is 2. The molecule has 5 aromatic carbocycles. The van der Waals surface area contributed by atoms with Crippen LogP contribution in [0.15, 0.2) is 160 Å². The Balaban J connectivity index is 0.000000201. The zero-order valence-electron chi connectivity index (χ0n) is 32.3. The van der Waals surface area contributed by atoms with Gasteiger partial charge in [0.25, 0.3) is 0 Å². The number of hydrogen-bond acceptors (Lipinski definition) is 6. The second-order valence-electron chi connectivity index (χ2n) is 14.2. The molecule has 7 rings (SSSR count). The molecule has 0 amide bonds. The van der Waals surface area contributed by atoms with Crippen molar-refractivity contribution in [1.82, 2.24) is 8.61 Å². The first-order chi connectivity index (χ1) is 28.0. The number of halogens is 2. The Hall–Kier alpha value is -5.80. The van der Waals surface area contributed by atoms with E-state index in [2.05, 4.69) is 0 Å². The fraction of sp³-hybridized carbons (Fsp3) is 0.200. The molecule has 306 valence electrons. The van der Waals surface area contributed by atoms with Crippen molar-refractivity contribution in [2.24, 2.45) is 0 Å². The lowest BCUT2D eigenvalue weighted by molar-refractivity contribution is -0.134. The molecule has 2 aliphatic heterocycles. The van der Waals surface area contributed by atoms with E-state index >= 15 is 0 Å². The molecule has 59 heavy (non-hydrogen) atoms. The van der Waals surface area contributed by atoms with Gasteiger partial charge in [0.15, 0.2) is 0 Å². The zero-order valence-corrected chi connectivity index (χ0v) is 33.9. The lowest BCUT2D eigenvalue weighted by atomic mass is 9.89. The summed E-state index contributed by atoms with van der Waals surface area (Å²) in [5, 5.41) is 19.6. The van der Waals surface area contributed by atoms with Crippen molar-refractivity contribution in [3.8, 4) is 0 Å². The highest BCUT2D eigenvalue weighted by molar-refractivity contribution is 7.89. The summed E-state index contributed by atoms with van der Waals surface area (Å²) in [5.41, 5.74) is 3.34. The zero-order chi connectivity index (χ0) is 42.6. The van der Waals surface area contributed by atoms with Crippen molar-refractivity contribution in [3.63, 3.8) is 0 Å². The molecule has 2 aliphatic rings. The second kappa shape index (κ2) is 17.6. The molecule has 0 aliphatic carbocycles. The molecular formula is C45H42F2N2O8S2. The van der Waals surface area contributed by atoms with Crippen LogP contribution in [0.25, 0.3) is 0 Å². The molecule has 14 heteroatoms. The van der Waals surface area contributed by atoms with Gasteiger partial charge in [0.2, 0.25) is 20.0 Å². The molecule has 0 saturated heterocycles. The molecule has 2 N–H and O–H groups in total. The van der Waals surface area contributed by atoms with Crippen molar-refractivity contribution < 1.29 is 45.4 Å². The van der Waals surface area contributed by atoms with Crippen molar-refractivity contribution in [3.05, 3.63) is 190 Å². The van der Waals surface area contributed by atoms with E-state index in [1.807, 2.05) is 13.8 Å². The Kier molecular flexibility index (Phi) is 12.8. The maximum absolute atomic E-state index is 13.9. The first kappa shape index (κ1) is 42.8. The maximum atomic E-state index is 13.9. The monoisotopic (exact) mass is 840 g/mol.